The van der Waals surface area contributed by atoms with E-state index in [0.717, 1.165) is 0 Å². The normalized spacial score (nSPS) is 16.1. The molecule has 0 spiro atoms. The van der Waals surface area contributed by atoms with Gasteiger partial charge in [0.25, 0.3) is 5.56 Å². The molecule has 0 saturated heterocycles. The number of anilines is 1. The van der Waals surface area contributed by atoms with Crippen LogP contribution in [0.25, 0.3) is 28.2 Å². The van der Waals surface area contributed by atoms with Gasteiger partial charge < -0.3 is 9.72 Å². The lowest BCUT2D eigenvalue weighted by Crippen LogP contribution is -2.27. The van der Waals surface area contributed by atoms with E-state index in [4.69, 9.17) is 32.9 Å². The summed E-state index contributed by atoms with van der Waals surface area (Å²) in [5.41, 5.74) is -0.267. The molecule has 0 bridgehead atoms. The fourth-order valence-electron chi connectivity index (χ4n) is 5.29. The van der Waals surface area contributed by atoms with Crippen molar-refractivity contribution in [2.24, 2.45) is 5.92 Å². The van der Waals surface area contributed by atoms with Crippen molar-refractivity contribution in [2.45, 2.75) is 45.8 Å². The first-order valence-electron chi connectivity index (χ1n) is 13.7. The Hall–Kier alpha value is -4.69. The van der Waals surface area contributed by atoms with E-state index < -0.39 is 40.1 Å². The summed E-state index contributed by atoms with van der Waals surface area (Å²) in [5.74, 6) is -1.65. The van der Waals surface area contributed by atoms with Crippen molar-refractivity contribution in [3.05, 3.63) is 86.5 Å². The van der Waals surface area contributed by atoms with Crippen LogP contribution < -0.4 is 10.9 Å². The van der Waals surface area contributed by atoms with Gasteiger partial charge in [-0.05, 0) is 67.4 Å². The number of rotatable bonds is 5. The van der Waals surface area contributed by atoms with Gasteiger partial charge in [0, 0.05) is 28.6 Å². The van der Waals surface area contributed by atoms with E-state index in [1.165, 1.54) is 33.8 Å². The molecular weight excluding hydrogens is 631 g/mol. The van der Waals surface area contributed by atoms with E-state index in [9.17, 15) is 9.59 Å². The number of nitrogens with one attached hydrogen (secondary N) is 2. The second-order valence-electron chi connectivity index (χ2n) is 11.5. The molecule has 232 valence electrons. The SMILES string of the molecule is C[C@H]1Cc2nc(-c3cc(Cl)ccc3-n3cnnn3)cc(=O)n2[C@@H]1c1nc(F)c(-c2ccc(NC(=O)OC(C)(C)C)c(Cl)c2F)[nH]1. The molecule has 2 aromatic carbocycles. The lowest BCUT2D eigenvalue weighted by Gasteiger charge is -2.20. The summed E-state index contributed by atoms with van der Waals surface area (Å²) in [7, 11) is 0. The van der Waals surface area contributed by atoms with E-state index in [1.54, 1.807) is 39.0 Å². The van der Waals surface area contributed by atoms with Gasteiger partial charge in [0.1, 0.15) is 34.3 Å². The third-order valence-electron chi connectivity index (χ3n) is 7.12. The number of ether oxygens (including phenoxy) is 1. The fraction of sp³-hybridized carbons (Fsp3) is 0.276. The Morgan fingerprint density at radius 2 is 1.89 bits per heavy atom. The van der Waals surface area contributed by atoms with E-state index >= 15 is 8.78 Å². The monoisotopic (exact) mass is 655 g/mol. The molecule has 0 saturated carbocycles. The molecule has 2 atom stereocenters. The molecule has 12 nitrogen and oxygen atoms in total. The highest BCUT2D eigenvalue weighted by Crippen LogP contribution is 2.38. The van der Waals surface area contributed by atoms with Crippen LogP contribution in [0.15, 0.2) is 47.5 Å². The first-order chi connectivity index (χ1) is 21.3. The number of aromatic amines is 1. The Morgan fingerprint density at radius 3 is 2.60 bits per heavy atom. The van der Waals surface area contributed by atoms with Crippen LogP contribution in [0.4, 0.5) is 19.3 Å². The Labute approximate surface area is 264 Å². The van der Waals surface area contributed by atoms with Crippen LogP contribution in [0.2, 0.25) is 10.0 Å². The van der Waals surface area contributed by atoms with Gasteiger partial charge in [-0.25, -0.2) is 19.2 Å². The molecule has 1 aliphatic rings. The predicted octanol–water partition coefficient (Wildman–Crippen LogP) is 5.99. The number of hydrogen-bond acceptors (Lipinski definition) is 8. The minimum absolute atomic E-state index is 0.0537. The number of H-pyrrole nitrogens is 1. The number of tetrazole rings is 1. The Bertz CT molecular complexity index is 2010. The van der Waals surface area contributed by atoms with Gasteiger partial charge in [0.2, 0.25) is 5.95 Å². The summed E-state index contributed by atoms with van der Waals surface area (Å²) in [4.78, 5) is 37.4. The quantitative estimate of drug-likeness (QED) is 0.235. The van der Waals surface area contributed by atoms with Crippen LogP contribution in [-0.4, -0.2) is 51.4 Å². The average molecular weight is 656 g/mol. The molecule has 5 aromatic rings. The Kier molecular flexibility index (Phi) is 7.65. The highest BCUT2D eigenvalue weighted by molar-refractivity contribution is 6.34. The zero-order chi connectivity index (χ0) is 32.2. The molecule has 1 aliphatic heterocycles. The van der Waals surface area contributed by atoms with Gasteiger partial charge in [0.05, 0.1) is 23.1 Å². The molecule has 0 fully saturated rings. The third kappa shape index (κ3) is 5.78. The lowest BCUT2D eigenvalue weighted by atomic mass is 10.0. The summed E-state index contributed by atoms with van der Waals surface area (Å²) in [5, 5.41) is 13.7. The van der Waals surface area contributed by atoms with Gasteiger partial charge in [-0.1, -0.05) is 30.1 Å². The number of benzene rings is 2. The van der Waals surface area contributed by atoms with Crippen molar-refractivity contribution in [2.75, 3.05) is 5.32 Å². The van der Waals surface area contributed by atoms with Crippen LogP contribution in [0, 0.1) is 17.7 Å². The molecule has 6 rings (SSSR count). The van der Waals surface area contributed by atoms with Gasteiger partial charge in [0.15, 0.2) is 5.82 Å². The topological polar surface area (TPSA) is 146 Å². The zero-order valence-corrected chi connectivity index (χ0v) is 25.8. The number of nitrogens with zero attached hydrogens (tertiary/aromatic N) is 7. The van der Waals surface area contributed by atoms with Gasteiger partial charge >= 0.3 is 6.09 Å². The molecule has 45 heavy (non-hydrogen) atoms. The number of aromatic nitrogens is 8. The van der Waals surface area contributed by atoms with Crippen LogP contribution in [-0.2, 0) is 11.2 Å². The van der Waals surface area contributed by atoms with Crippen LogP contribution >= 0.6 is 23.2 Å². The summed E-state index contributed by atoms with van der Waals surface area (Å²) in [6.45, 7) is 6.91. The van der Waals surface area contributed by atoms with E-state index in [0.29, 0.717) is 34.2 Å². The number of imidazole rings is 1. The van der Waals surface area contributed by atoms with Crippen LogP contribution in [0.5, 0.6) is 0 Å². The van der Waals surface area contributed by atoms with E-state index in [-0.39, 0.29) is 28.7 Å². The van der Waals surface area contributed by atoms with Crippen molar-refractivity contribution >= 4 is 35.0 Å². The summed E-state index contributed by atoms with van der Waals surface area (Å²) < 4.78 is 38.8. The fourth-order valence-corrected chi connectivity index (χ4v) is 5.67. The van der Waals surface area contributed by atoms with E-state index in [2.05, 4.69) is 30.8 Å². The third-order valence-corrected chi connectivity index (χ3v) is 7.73. The summed E-state index contributed by atoms with van der Waals surface area (Å²) in [6.07, 6.45) is 0.955. The van der Waals surface area contributed by atoms with E-state index in [1.807, 2.05) is 6.92 Å². The second-order valence-corrected chi connectivity index (χ2v) is 12.3. The Balaban J connectivity index is 1.34. The number of amides is 1. The number of hydrogen-bond donors (Lipinski definition) is 2. The molecule has 1 amide bonds. The van der Waals surface area contributed by atoms with Crippen molar-refractivity contribution < 1.29 is 18.3 Å². The number of carbonyl (C=O) groups is 1. The standard InChI is InChI=1S/C29H25Cl2F2N9O3/c1-13-9-20-35-18(16-10-14(30)5-8-19(16)41-12-34-39-40-41)11-21(43)42(20)25(13)27-37-24(26(33)38-27)15-6-7-17(22(31)23(15)32)36-28(44)45-29(2,3)4/h5-8,10-13,25H,9H2,1-4H3,(H,36,44)(H,37,38)/t13-,25-/m0/s1. The maximum absolute atomic E-state index is 15.4. The lowest BCUT2D eigenvalue weighted by molar-refractivity contribution is 0.0636. The highest BCUT2D eigenvalue weighted by atomic mass is 35.5. The van der Waals surface area contributed by atoms with Gasteiger partial charge in [-0.15, -0.1) is 5.10 Å². The minimum Gasteiger partial charge on any atom is -0.444 e. The average Bonchev–Trinajstić information content (AvgIpc) is 3.69. The van der Waals surface area contributed by atoms with Crippen molar-refractivity contribution in [3.63, 3.8) is 0 Å². The maximum Gasteiger partial charge on any atom is 0.412 e. The summed E-state index contributed by atoms with van der Waals surface area (Å²) in [6, 6.07) is 8.26. The summed E-state index contributed by atoms with van der Waals surface area (Å²) >= 11 is 12.5. The largest absolute Gasteiger partial charge is 0.444 e. The molecule has 0 aliphatic carbocycles. The maximum atomic E-state index is 15.4. The highest BCUT2D eigenvalue weighted by Gasteiger charge is 2.36. The molecule has 0 radical (unpaired) electrons. The Morgan fingerprint density at radius 1 is 1.11 bits per heavy atom. The number of halogens is 4. The van der Waals surface area contributed by atoms with Crippen molar-refractivity contribution in [3.8, 4) is 28.2 Å². The molecule has 16 heteroatoms. The van der Waals surface area contributed by atoms with Crippen LogP contribution in [0.3, 0.4) is 0 Å². The van der Waals surface area contributed by atoms with Crippen molar-refractivity contribution in [1.29, 1.82) is 0 Å². The van der Waals surface area contributed by atoms with Crippen molar-refractivity contribution in [1.82, 2.24) is 39.7 Å². The zero-order valence-electron chi connectivity index (χ0n) is 24.3. The molecule has 3 aromatic heterocycles. The van der Waals surface area contributed by atoms with Crippen LogP contribution in [0.1, 0.15) is 45.4 Å². The smallest absolute Gasteiger partial charge is 0.412 e. The number of carbonyl (C=O) groups excluding carboxylic acids is 1. The molecular formula is C29H25Cl2F2N9O3. The minimum atomic E-state index is -0.990. The molecule has 2 N–H and O–H groups in total. The van der Waals surface area contributed by atoms with Gasteiger partial charge in [-0.2, -0.15) is 9.07 Å². The molecule has 4 heterocycles. The predicted molar refractivity (Wildman–Crippen MR) is 161 cm³/mol. The second kappa shape index (κ2) is 11.3. The first-order valence-corrected chi connectivity index (χ1v) is 14.5. The first kappa shape index (κ1) is 30.3. The van der Waals surface area contributed by atoms with Gasteiger partial charge in [-0.3, -0.25) is 14.7 Å². The molecule has 0 unspecified atom stereocenters. The number of fused-ring (bicyclic) bond motifs is 1.